The molecule has 0 bridgehead atoms. The average Bonchev–Trinajstić information content (AvgIpc) is 2.58. The molecule has 132 valence electrons. The number of hydrogen-bond acceptors (Lipinski definition) is 3. The SMILES string of the molecule is Cc1cc(OCC(=O)NCC(=O)Nc2cccc(C)c2C)ccc1Cl. The average molecular weight is 361 g/mol. The van der Waals surface area contributed by atoms with Gasteiger partial charge in [-0.3, -0.25) is 9.59 Å². The quantitative estimate of drug-likeness (QED) is 0.829. The molecule has 0 radical (unpaired) electrons. The molecule has 2 aromatic carbocycles. The highest BCUT2D eigenvalue weighted by molar-refractivity contribution is 6.31. The molecule has 2 amide bonds. The minimum atomic E-state index is -0.372. The van der Waals surface area contributed by atoms with Crippen molar-refractivity contribution in [2.45, 2.75) is 20.8 Å². The van der Waals surface area contributed by atoms with Gasteiger partial charge >= 0.3 is 0 Å². The molecule has 0 unspecified atom stereocenters. The molecule has 25 heavy (non-hydrogen) atoms. The van der Waals surface area contributed by atoms with Crippen LogP contribution in [0.3, 0.4) is 0 Å². The summed E-state index contributed by atoms with van der Waals surface area (Å²) >= 11 is 5.94. The maximum Gasteiger partial charge on any atom is 0.258 e. The Labute approximate surface area is 152 Å². The van der Waals surface area contributed by atoms with Crippen LogP contribution >= 0.6 is 11.6 Å². The Kier molecular flexibility index (Phi) is 6.42. The summed E-state index contributed by atoms with van der Waals surface area (Å²) in [5.74, 6) is -0.106. The number of carbonyl (C=O) groups is 2. The number of ether oxygens (including phenoxy) is 1. The largest absolute Gasteiger partial charge is 0.484 e. The molecule has 0 aliphatic rings. The molecule has 0 aromatic heterocycles. The van der Waals surface area contributed by atoms with Crippen LogP contribution in [-0.2, 0) is 9.59 Å². The van der Waals surface area contributed by atoms with E-state index in [0.717, 1.165) is 22.4 Å². The fraction of sp³-hybridized carbons (Fsp3) is 0.263. The van der Waals surface area contributed by atoms with Gasteiger partial charge in [-0.1, -0.05) is 23.7 Å². The number of aryl methyl sites for hydroxylation is 2. The molecule has 2 aromatic rings. The number of nitrogens with one attached hydrogen (secondary N) is 2. The van der Waals surface area contributed by atoms with Gasteiger partial charge in [0, 0.05) is 10.7 Å². The summed E-state index contributed by atoms with van der Waals surface area (Å²) in [7, 11) is 0. The van der Waals surface area contributed by atoms with Crippen molar-refractivity contribution < 1.29 is 14.3 Å². The van der Waals surface area contributed by atoms with Gasteiger partial charge < -0.3 is 15.4 Å². The Morgan fingerprint density at radius 3 is 2.52 bits per heavy atom. The maximum absolute atomic E-state index is 12.0. The number of halogens is 1. The molecule has 0 aliphatic carbocycles. The van der Waals surface area contributed by atoms with E-state index in [2.05, 4.69) is 10.6 Å². The highest BCUT2D eigenvalue weighted by atomic mass is 35.5. The first-order valence-corrected chi connectivity index (χ1v) is 8.26. The molecule has 0 saturated carbocycles. The van der Waals surface area contributed by atoms with E-state index in [1.165, 1.54) is 0 Å². The Hall–Kier alpha value is -2.53. The van der Waals surface area contributed by atoms with Crippen molar-refractivity contribution in [1.82, 2.24) is 5.32 Å². The van der Waals surface area contributed by atoms with E-state index in [1.807, 2.05) is 39.0 Å². The number of hydrogen-bond donors (Lipinski definition) is 2. The van der Waals surface area contributed by atoms with Crippen LogP contribution in [0.25, 0.3) is 0 Å². The van der Waals surface area contributed by atoms with Gasteiger partial charge in [0.25, 0.3) is 5.91 Å². The topological polar surface area (TPSA) is 67.4 Å². The summed E-state index contributed by atoms with van der Waals surface area (Å²) in [5.41, 5.74) is 3.71. The Morgan fingerprint density at radius 1 is 1.04 bits per heavy atom. The molecule has 0 heterocycles. The van der Waals surface area contributed by atoms with Crippen molar-refractivity contribution in [2.24, 2.45) is 0 Å². The molecule has 0 aliphatic heterocycles. The van der Waals surface area contributed by atoms with Crippen LogP contribution in [0.4, 0.5) is 5.69 Å². The summed E-state index contributed by atoms with van der Waals surface area (Å²) in [6.45, 7) is 5.48. The number of anilines is 1. The zero-order valence-corrected chi connectivity index (χ0v) is 15.2. The number of amides is 2. The monoisotopic (exact) mass is 360 g/mol. The summed E-state index contributed by atoms with van der Waals surface area (Å²) in [6, 6.07) is 10.8. The summed E-state index contributed by atoms with van der Waals surface area (Å²) in [4.78, 5) is 23.8. The first-order chi connectivity index (χ1) is 11.9. The van der Waals surface area contributed by atoms with Crippen LogP contribution in [0.1, 0.15) is 16.7 Å². The highest BCUT2D eigenvalue weighted by Gasteiger charge is 2.09. The second-order valence-electron chi connectivity index (χ2n) is 5.77. The van der Waals surface area contributed by atoms with Gasteiger partial charge in [-0.25, -0.2) is 0 Å². The number of benzene rings is 2. The van der Waals surface area contributed by atoms with Crippen molar-refractivity contribution in [2.75, 3.05) is 18.5 Å². The second-order valence-corrected chi connectivity index (χ2v) is 6.18. The predicted octanol–water partition coefficient (Wildman–Crippen LogP) is 3.40. The minimum Gasteiger partial charge on any atom is -0.484 e. The molecule has 0 saturated heterocycles. The van der Waals surface area contributed by atoms with E-state index < -0.39 is 0 Å². The number of rotatable bonds is 6. The Morgan fingerprint density at radius 2 is 1.80 bits per heavy atom. The summed E-state index contributed by atoms with van der Waals surface area (Å²) in [6.07, 6.45) is 0. The molecule has 0 spiro atoms. The molecule has 0 atom stereocenters. The molecule has 2 N–H and O–H groups in total. The van der Waals surface area contributed by atoms with Crippen molar-refractivity contribution in [1.29, 1.82) is 0 Å². The third-order valence-electron chi connectivity index (χ3n) is 3.82. The Balaban J connectivity index is 1.78. The van der Waals surface area contributed by atoms with Gasteiger partial charge in [0.05, 0.1) is 6.54 Å². The first-order valence-electron chi connectivity index (χ1n) is 7.88. The molecule has 6 heteroatoms. The molecular formula is C19H21ClN2O3. The summed E-state index contributed by atoms with van der Waals surface area (Å²) < 4.78 is 5.39. The van der Waals surface area contributed by atoms with E-state index in [4.69, 9.17) is 16.3 Å². The van der Waals surface area contributed by atoms with E-state index in [1.54, 1.807) is 18.2 Å². The fourth-order valence-corrected chi connectivity index (χ4v) is 2.28. The number of carbonyl (C=O) groups excluding carboxylic acids is 2. The van der Waals surface area contributed by atoms with E-state index in [9.17, 15) is 9.59 Å². The van der Waals surface area contributed by atoms with Gasteiger partial charge in [-0.2, -0.15) is 0 Å². The first kappa shape index (κ1) is 18.8. The summed E-state index contributed by atoms with van der Waals surface area (Å²) in [5, 5.41) is 5.95. The van der Waals surface area contributed by atoms with Crippen LogP contribution < -0.4 is 15.4 Å². The lowest BCUT2D eigenvalue weighted by Crippen LogP contribution is -2.35. The van der Waals surface area contributed by atoms with Crippen molar-refractivity contribution in [3.05, 3.63) is 58.1 Å². The lowest BCUT2D eigenvalue weighted by atomic mass is 10.1. The van der Waals surface area contributed by atoms with Gasteiger partial charge in [-0.05, 0) is 61.7 Å². The Bertz CT molecular complexity index is 790. The van der Waals surface area contributed by atoms with Crippen LogP contribution in [-0.4, -0.2) is 25.0 Å². The molecule has 5 nitrogen and oxygen atoms in total. The van der Waals surface area contributed by atoms with E-state index in [-0.39, 0.29) is 25.0 Å². The lowest BCUT2D eigenvalue weighted by Gasteiger charge is -2.11. The van der Waals surface area contributed by atoms with Crippen LogP contribution in [0.15, 0.2) is 36.4 Å². The second kappa shape index (κ2) is 8.53. The van der Waals surface area contributed by atoms with Gasteiger partial charge in [0.2, 0.25) is 5.91 Å². The van der Waals surface area contributed by atoms with Crippen molar-refractivity contribution >= 4 is 29.1 Å². The minimum absolute atomic E-state index is 0.116. The van der Waals surface area contributed by atoms with Crippen molar-refractivity contribution in [3.63, 3.8) is 0 Å². The van der Waals surface area contributed by atoms with Gasteiger partial charge in [-0.15, -0.1) is 0 Å². The van der Waals surface area contributed by atoms with Gasteiger partial charge in [0.1, 0.15) is 5.75 Å². The van der Waals surface area contributed by atoms with Crippen LogP contribution in [0, 0.1) is 20.8 Å². The zero-order valence-electron chi connectivity index (χ0n) is 14.5. The molecular weight excluding hydrogens is 340 g/mol. The van der Waals surface area contributed by atoms with Crippen LogP contribution in [0.2, 0.25) is 5.02 Å². The standard InChI is InChI=1S/C19H21ClN2O3/c1-12-5-4-6-17(14(12)3)22-18(23)10-21-19(24)11-25-15-7-8-16(20)13(2)9-15/h4-9H,10-11H2,1-3H3,(H,21,24)(H,22,23). The lowest BCUT2D eigenvalue weighted by molar-refractivity contribution is -0.125. The third-order valence-corrected chi connectivity index (χ3v) is 4.25. The predicted molar refractivity (Wildman–Crippen MR) is 99.2 cm³/mol. The maximum atomic E-state index is 12.0. The van der Waals surface area contributed by atoms with E-state index in [0.29, 0.717) is 10.8 Å². The van der Waals surface area contributed by atoms with Crippen molar-refractivity contribution in [3.8, 4) is 5.75 Å². The third kappa shape index (κ3) is 5.50. The highest BCUT2D eigenvalue weighted by Crippen LogP contribution is 2.21. The molecule has 2 rings (SSSR count). The zero-order chi connectivity index (χ0) is 18.4. The van der Waals surface area contributed by atoms with Gasteiger partial charge in [0.15, 0.2) is 6.61 Å². The molecule has 0 fully saturated rings. The van der Waals surface area contributed by atoms with E-state index >= 15 is 0 Å². The smallest absolute Gasteiger partial charge is 0.258 e. The van der Waals surface area contributed by atoms with Crippen LogP contribution in [0.5, 0.6) is 5.75 Å². The fourth-order valence-electron chi connectivity index (χ4n) is 2.17. The normalized spacial score (nSPS) is 10.2.